The molecule has 0 saturated heterocycles. The van der Waals surface area contributed by atoms with Crippen molar-refractivity contribution in [3.8, 4) is 0 Å². The number of benzene rings is 2. The van der Waals surface area contributed by atoms with Gasteiger partial charge in [-0.3, -0.25) is 0 Å². The van der Waals surface area contributed by atoms with E-state index in [0.717, 1.165) is 5.39 Å². The Balaban J connectivity index is 1.67. The molecule has 0 fully saturated rings. The molecule has 0 bridgehead atoms. The minimum atomic E-state index is -4.02. The highest BCUT2D eigenvalue weighted by Gasteiger charge is 2.28. The Labute approximate surface area is 145 Å². The van der Waals surface area contributed by atoms with Crippen molar-refractivity contribution in [2.45, 2.75) is 11.0 Å². The second kappa shape index (κ2) is 5.89. The van der Waals surface area contributed by atoms with Crippen molar-refractivity contribution in [2.24, 2.45) is 5.92 Å². The predicted octanol–water partition coefficient (Wildman–Crippen LogP) is 3.10. The molecule has 126 valence electrons. The lowest BCUT2D eigenvalue weighted by atomic mass is 9.95. The van der Waals surface area contributed by atoms with Crippen LogP contribution in [0.25, 0.3) is 10.8 Å². The number of hydrogen-bond acceptors (Lipinski definition) is 5. The largest absolute Gasteiger partial charge is 0.454 e. The van der Waals surface area contributed by atoms with E-state index in [1.54, 1.807) is 36.4 Å². The number of carbonyl (C=O) groups is 1. The van der Waals surface area contributed by atoms with E-state index < -0.39 is 22.2 Å². The Kier molecular flexibility index (Phi) is 3.69. The van der Waals surface area contributed by atoms with Gasteiger partial charge in [-0.25, -0.2) is 4.79 Å². The smallest absolute Gasteiger partial charge is 0.339 e. The minimum absolute atomic E-state index is 0.0996. The zero-order valence-electron chi connectivity index (χ0n) is 13.0. The first kappa shape index (κ1) is 15.7. The molecule has 5 nitrogen and oxygen atoms in total. The molecule has 0 saturated carbocycles. The fraction of sp³-hybridized carbons (Fsp3) is 0.105. The van der Waals surface area contributed by atoms with Crippen LogP contribution in [0.2, 0.25) is 0 Å². The van der Waals surface area contributed by atoms with Crippen molar-refractivity contribution >= 4 is 26.9 Å². The second-order valence-electron chi connectivity index (χ2n) is 5.78. The van der Waals surface area contributed by atoms with Crippen LogP contribution in [0.5, 0.6) is 0 Å². The summed E-state index contributed by atoms with van der Waals surface area (Å²) in [5, 5.41) is 1.40. The molecule has 0 radical (unpaired) electrons. The summed E-state index contributed by atoms with van der Waals surface area (Å²) in [7, 11) is -4.02. The highest BCUT2D eigenvalue weighted by atomic mass is 32.2. The maximum absolute atomic E-state index is 12.7. The molecule has 2 aromatic carbocycles. The van der Waals surface area contributed by atoms with Crippen LogP contribution >= 0.6 is 0 Å². The van der Waals surface area contributed by atoms with Gasteiger partial charge in [0.1, 0.15) is 16.8 Å². The van der Waals surface area contributed by atoms with Gasteiger partial charge in [0.25, 0.3) is 0 Å². The van der Waals surface area contributed by atoms with E-state index >= 15 is 0 Å². The first-order chi connectivity index (χ1) is 12.0. The van der Waals surface area contributed by atoms with Gasteiger partial charge in [0, 0.05) is 23.5 Å². The lowest BCUT2D eigenvalue weighted by Gasteiger charge is -2.25. The highest BCUT2D eigenvalue weighted by molar-refractivity contribution is 7.87. The van der Waals surface area contributed by atoms with Crippen molar-refractivity contribution in [3.63, 3.8) is 0 Å². The lowest BCUT2D eigenvalue weighted by Crippen LogP contribution is -2.28. The van der Waals surface area contributed by atoms with Crippen LogP contribution in [-0.4, -0.2) is 20.5 Å². The minimum Gasteiger partial charge on any atom is -0.454 e. The van der Waals surface area contributed by atoms with Crippen molar-refractivity contribution in [1.29, 1.82) is 0 Å². The van der Waals surface area contributed by atoms with Crippen LogP contribution in [-0.2, 0) is 23.8 Å². The van der Waals surface area contributed by atoms with Gasteiger partial charge in [-0.15, -0.1) is 0 Å². The number of rotatable bonds is 3. The Morgan fingerprint density at radius 1 is 0.960 bits per heavy atom. The molecule has 2 aromatic rings. The van der Waals surface area contributed by atoms with Crippen molar-refractivity contribution in [1.82, 2.24) is 0 Å². The van der Waals surface area contributed by atoms with Gasteiger partial charge in [-0.05, 0) is 17.5 Å². The van der Waals surface area contributed by atoms with Gasteiger partial charge in [0.2, 0.25) is 0 Å². The molecular formula is C19H14O5S. The standard InChI is InChI=1S/C19H14O5S/c20-19-11-9-14-8-10-15(12-17(14)23-19)24-25(21,22)18-7-3-5-13-4-1-2-6-16(13)18/h1-12,14,17H/t14-,17+/m1/s1. The summed E-state index contributed by atoms with van der Waals surface area (Å²) in [6.07, 6.45) is 7.36. The molecular weight excluding hydrogens is 340 g/mol. The number of esters is 1. The van der Waals surface area contributed by atoms with Crippen LogP contribution < -0.4 is 0 Å². The number of carbonyl (C=O) groups excluding carboxylic acids is 1. The summed E-state index contributed by atoms with van der Waals surface area (Å²) in [5.74, 6) is -0.424. The summed E-state index contributed by atoms with van der Waals surface area (Å²) in [5.41, 5.74) is 0. The second-order valence-corrected chi connectivity index (χ2v) is 7.30. The van der Waals surface area contributed by atoms with Gasteiger partial charge in [-0.1, -0.05) is 48.6 Å². The average Bonchev–Trinajstić information content (AvgIpc) is 2.60. The van der Waals surface area contributed by atoms with E-state index in [-0.39, 0.29) is 16.6 Å². The van der Waals surface area contributed by atoms with Crippen LogP contribution in [0.4, 0.5) is 0 Å². The van der Waals surface area contributed by atoms with E-state index in [0.29, 0.717) is 5.39 Å². The first-order valence-corrected chi connectivity index (χ1v) is 9.15. The van der Waals surface area contributed by atoms with Crippen LogP contribution in [0.3, 0.4) is 0 Å². The first-order valence-electron chi connectivity index (χ1n) is 7.74. The topological polar surface area (TPSA) is 69.7 Å². The van der Waals surface area contributed by atoms with Gasteiger partial charge < -0.3 is 8.92 Å². The fourth-order valence-electron chi connectivity index (χ4n) is 2.93. The van der Waals surface area contributed by atoms with E-state index in [2.05, 4.69) is 0 Å². The zero-order valence-corrected chi connectivity index (χ0v) is 13.8. The summed E-state index contributed by atoms with van der Waals surface area (Å²) in [4.78, 5) is 11.5. The van der Waals surface area contributed by atoms with Gasteiger partial charge in [-0.2, -0.15) is 8.42 Å². The molecule has 2 atom stereocenters. The fourth-order valence-corrected chi connectivity index (χ4v) is 4.09. The van der Waals surface area contributed by atoms with E-state index in [1.807, 2.05) is 18.2 Å². The summed E-state index contributed by atoms with van der Waals surface area (Å²) in [6, 6.07) is 12.2. The van der Waals surface area contributed by atoms with Crippen molar-refractivity contribution < 1.29 is 22.1 Å². The predicted molar refractivity (Wildman–Crippen MR) is 92.0 cm³/mol. The molecule has 0 spiro atoms. The number of ether oxygens (including phenoxy) is 1. The third kappa shape index (κ3) is 2.96. The lowest BCUT2D eigenvalue weighted by molar-refractivity contribution is -0.143. The van der Waals surface area contributed by atoms with Crippen LogP contribution in [0.1, 0.15) is 0 Å². The molecule has 0 N–H and O–H groups in total. The third-order valence-corrected chi connectivity index (χ3v) is 5.43. The normalized spacial score (nSPS) is 22.2. The number of fused-ring (bicyclic) bond motifs is 2. The maximum atomic E-state index is 12.7. The maximum Gasteiger partial charge on any atom is 0.339 e. The molecule has 1 aliphatic carbocycles. The van der Waals surface area contributed by atoms with E-state index in [9.17, 15) is 13.2 Å². The molecule has 1 heterocycles. The molecule has 2 aliphatic rings. The molecule has 6 heteroatoms. The Bertz CT molecular complexity index is 1040. The van der Waals surface area contributed by atoms with Crippen molar-refractivity contribution in [2.75, 3.05) is 0 Å². The monoisotopic (exact) mass is 354 g/mol. The number of allylic oxidation sites excluding steroid dienone is 1. The molecule has 4 rings (SSSR count). The average molecular weight is 354 g/mol. The van der Waals surface area contributed by atoms with Gasteiger partial charge in [0.15, 0.2) is 0 Å². The van der Waals surface area contributed by atoms with Crippen LogP contribution in [0.15, 0.2) is 83.5 Å². The number of hydrogen-bond donors (Lipinski definition) is 0. The molecule has 0 unspecified atom stereocenters. The zero-order chi connectivity index (χ0) is 17.4. The molecule has 0 amide bonds. The van der Waals surface area contributed by atoms with Crippen molar-refractivity contribution in [3.05, 3.63) is 78.6 Å². The SMILES string of the molecule is O=C1C=C[C@H]2C=CC(OS(=O)(=O)c3cccc4ccccc34)=C[C@@H]2O1. The van der Waals surface area contributed by atoms with Gasteiger partial charge in [0.05, 0.1) is 0 Å². The molecule has 25 heavy (non-hydrogen) atoms. The Hall–Kier alpha value is -2.86. The quantitative estimate of drug-likeness (QED) is 0.626. The Morgan fingerprint density at radius 2 is 1.72 bits per heavy atom. The Morgan fingerprint density at radius 3 is 2.60 bits per heavy atom. The van der Waals surface area contributed by atoms with E-state index in [1.165, 1.54) is 18.2 Å². The highest BCUT2D eigenvalue weighted by Crippen LogP contribution is 2.29. The summed E-state index contributed by atoms with van der Waals surface area (Å²) >= 11 is 0. The summed E-state index contributed by atoms with van der Waals surface area (Å²) < 4.78 is 35.9. The van der Waals surface area contributed by atoms with Crippen LogP contribution in [0, 0.1) is 5.92 Å². The molecule has 0 aromatic heterocycles. The summed E-state index contributed by atoms with van der Waals surface area (Å²) in [6.45, 7) is 0. The van der Waals surface area contributed by atoms with Gasteiger partial charge >= 0.3 is 16.1 Å². The van der Waals surface area contributed by atoms with E-state index in [4.69, 9.17) is 8.92 Å². The third-order valence-electron chi connectivity index (χ3n) is 4.12. The molecule has 1 aliphatic heterocycles.